The zero-order valence-electron chi connectivity index (χ0n) is 7.52. The smallest absolute Gasteiger partial charge is 0.258 e. The number of rotatable bonds is 3. The Morgan fingerprint density at radius 3 is 2.79 bits per heavy atom. The van der Waals surface area contributed by atoms with Crippen LogP contribution >= 0.6 is 11.6 Å². The Hall–Kier alpha value is -1.09. The van der Waals surface area contributed by atoms with E-state index in [2.05, 4.69) is 0 Å². The van der Waals surface area contributed by atoms with Crippen LogP contribution in [0.4, 0.5) is 5.69 Å². The first kappa shape index (κ1) is 9.46. The summed E-state index contributed by atoms with van der Waals surface area (Å²) in [7, 11) is 0. The summed E-state index contributed by atoms with van der Waals surface area (Å²) < 4.78 is 0. The highest BCUT2D eigenvalue weighted by molar-refractivity contribution is 6.18. The van der Waals surface area contributed by atoms with E-state index in [1.165, 1.54) is 0 Å². The van der Waals surface area contributed by atoms with Crippen LogP contribution in [0.1, 0.15) is 17.9 Å². The van der Waals surface area contributed by atoms with Crippen LogP contribution in [-0.2, 0) is 0 Å². The summed E-state index contributed by atoms with van der Waals surface area (Å²) in [6, 6.07) is 6.92. The molecule has 2 atom stereocenters. The molecule has 1 saturated carbocycles. The first-order chi connectivity index (χ1) is 6.74. The molecular formula is C10H10ClNO2. The molecule has 2 rings (SSSR count). The maximum Gasteiger partial charge on any atom is 0.272 e. The number of nitro benzene ring substituents is 1. The van der Waals surface area contributed by atoms with Gasteiger partial charge < -0.3 is 0 Å². The second-order valence-corrected chi connectivity index (χ2v) is 3.88. The minimum Gasteiger partial charge on any atom is -0.258 e. The molecule has 3 nitrogen and oxygen atoms in total. The van der Waals surface area contributed by atoms with Gasteiger partial charge in [0.05, 0.1) is 4.92 Å². The van der Waals surface area contributed by atoms with Crippen LogP contribution in [0.15, 0.2) is 24.3 Å². The highest BCUT2D eigenvalue weighted by Crippen LogP contribution is 2.50. The van der Waals surface area contributed by atoms with Crippen molar-refractivity contribution < 1.29 is 4.92 Å². The van der Waals surface area contributed by atoms with Crippen LogP contribution in [0.5, 0.6) is 0 Å². The summed E-state index contributed by atoms with van der Waals surface area (Å²) in [4.78, 5) is 10.4. The van der Waals surface area contributed by atoms with Gasteiger partial charge in [0.25, 0.3) is 5.69 Å². The average molecular weight is 212 g/mol. The topological polar surface area (TPSA) is 43.1 Å². The van der Waals surface area contributed by atoms with Crippen LogP contribution in [0.2, 0.25) is 0 Å². The van der Waals surface area contributed by atoms with Crippen molar-refractivity contribution >= 4 is 17.3 Å². The molecule has 0 amide bonds. The predicted octanol–water partition coefficient (Wildman–Crippen LogP) is 2.94. The molecule has 1 aromatic rings. The molecule has 0 aliphatic heterocycles. The minimum absolute atomic E-state index is 0.227. The SMILES string of the molecule is O=[N+]([O-])c1ccccc1C1CC1CCl. The standard InChI is InChI=1S/C10H10ClNO2/c11-6-7-5-9(7)8-3-1-2-4-10(8)12(13)14/h1-4,7,9H,5-6H2. The van der Waals surface area contributed by atoms with Crippen LogP contribution in [0.25, 0.3) is 0 Å². The zero-order chi connectivity index (χ0) is 10.1. The first-order valence-electron chi connectivity index (χ1n) is 4.53. The molecule has 0 spiro atoms. The summed E-state index contributed by atoms with van der Waals surface area (Å²) in [5.41, 5.74) is 1.06. The van der Waals surface area contributed by atoms with Gasteiger partial charge in [0.15, 0.2) is 0 Å². The van der Waals surface area contributed by atoms with Gasteiger partial charge in [-0.2, -0.15) is 0 Å². The van der Waals surface area contributed by atoms with Crippen molar-refractivity contribution in [1.29, 1.82) is 0 Å². The largest absolute Gasteiger partial charge is 0.272 e. The van der Waals surface area contributed by atoms with Gasteiger partial charge in [-0.1, -0.05) is 18.2 Å². The minimum atomic E-state index is -0.320. The lowest BCUT2D eigenvalue weighted by atomic mass is 10.1. The number of nitrogens with zero attached hydrogens (tertiary/aromatic N) is 1. The Morgan fingerprint density at radius 2 is 2.21 bits per heavy atom. The normalized spacial score (nSPS) is 24.6. The number of hydrogen-bond acceptors (Lipinski definition) is 2. The average Bonchev–Trinajstić information content (AvgIpc) is 2.96. The molecule has 2 unspecified atom stereocenters. The van der Waals surface area contributed by atoms with Crippen LogP contribution < -0.4 is 0 Å². The molecule has 1 aliphatic carbocycles. The van der Waals surface area contributed by atoms with Crippen molar-refractivity contribution in [3.63, 3.8) is 0 Å². The molecule has 0 aromatic heterocycles. The second kappa shape index (κ2) is 3.58. The van der Waals surface area contributed by atoms with E-state index in [0.717, 1.165) is 12.0 Å². The quantitative estimate of drug-likeness (QED) is 0.438. The van der Waals surface area contributed by atoms with Crippen molar-refractivity contribution in [2.45, 2.75) is 12.3 Å². The fraction of sp³-hybridized carbons (Fsp3) is 0.400. The van der Waals surface area contributed by atoms with Crippen LogP contribution in [-0.4, -0.2) is 10.8 Å². The maximum atomic E-state index is 10.7. The van der Waals surface area contributed by atoms with Gasteiger partial charge in [-0.25, -0.2) is 0 Å². The van der Waals surface area contributed by atoms with Crippen molar-refractivity contribution in [1.82, 2.24) is 0 Å². The molecule has 0 saturated heterocycles. The Labute approximate surface area is 86.8 Å². The Morgan fingerprint density at radius 1 is 1.50 bits per heavy atom. The summed E-state index contributed by atoms with van der Waals surface area (Å²) in [6.45, 7) is 0. The van der Waals surface area contributed by atoms with Crippen LogP contribution in [0, 0.1) is 16.0 Å². The molecule has 1 aromatic carbocycles. The number of para-hydroxylation sites is 1. The number of benzene rings is 1. The lowest BCUT2D eigenvalue weighted by Gasteiger charge is -2.00. The number of nitro groups is 1. The highest BCUT2D eigenvalue weighted by atomic mass is 35.5. The van der Waals surface area contributed by atoms with E-state index in [4.69, 9.17) is 11.6 Å². The summed E-state index contributed by atoms with van der Waals surface area (Å²) in [6.07, 6.45) is 0.981. The first-order valence-corrected chi connectivity index (χ1v) is 5.06. The fourth-order valence-corrected chi connectivity index (χ4v) is 2.11. The Kier molecular flexibility index (Phi) is 2.42. The lowest BCUT2D eigenvalue weighted by Crippen LogP contribution is -1.94. The van der Waals surface area contributed by atoms with Gasteiger partial charge in [0.2, 0.25) is 0 Å². The van der Waals surface area contributed by atoms with Gasteiger partial charge in [0, 0.05) is 17.5 Å². The van der Waals surface area contributed by atoms with Gasteiger partial charge >= 0.3 is 0 Å². The second-order valence-electron chi connectivity index (χ2n) is 3.57. The van der Waals surface area contributed by atoms with Crippen molar-refractivity contribution in [3.8, 4) is 0 Å². The number of halogens is 1. The van der Waals surface area contributed by atoms with E-state index >= 15 is 0 Å². The number of alkyl halides is 1. The molecule has 74 valence electrons. The highest BCUT2D eigenvalue weighted by Gasteiger charge is 2.40. The monoisotopic (exact) mass is 211 g/mol. The van der Waals surface area contributed by atoms with E-state index in [0.29, 0.717) is 17.7 Å². The van der Waals surface area contributed by atoms with E-state index in [9.17, 15) is 10.1 Å². The summed E-state index contributed by atoms with van der Waals surface area (Å²) in [5.74, 6) is 1.32. The zero-order valence-corrected chi connectivity index (χ0v) is 8.28. The third-order valence-corrected chi connectivity index (χ3v) is 3.05. The van der Waals surface area contributed by atoms with Gasteiger partial charge in [-0.3, -0.25) is 10.1 Å². The Bertz CT molecular complexity index is 367. The Balaban J connectivity index is 2.29. The molecule has 0 heterocycles. The van der Waals surface area contributed by atoms with Gasteiger partial charge in [-0.05, 0) is 18.3 Å². The van der Waals surface area contributed by atoms with Crippen molar-refractivity contribution in [2.24, 2.45) is 5.92 Å². The molecular weight excluding hydrogens is 202 g/mol. The molecule has 1 fully saturated rings. The molecule has 0 bridgehead atoms. The fourth-order valence-electron chi connectivity index (χ4n) is 1.77. The van der Waals surface area contributed by atoms with Crippen LogP contribution in [0.3, 0.4) is 0 Å². The molecule has 0 N–H and O–H groups in total. The summed E-state index contributed by atoms with van der Waals surface area (Å²) >= 11 is 5.71. The lowest BCUT2D eigenvalue weighted by molar-refractivity contribution is -0.385. The third kappa shape index (κ3) is 1.60. The van der Waals surface area contributed by atoms with E-state index in [-0.39, 0.29) is 10.6 Å². The summed E-state index contributed by atoms with van der Waals surface area (Å²) in [5, 5.41) is 10.7. The van der Waals surface area contributed by atoms with E-state index in [1.807, 2.05) is 12.1 Å². The maximum absolute atomic E-state index is 10.7. The van der Waals surface area contributed by atoms with Gasteiger partial charge in [0.1, 0.15) is 0 Å². The van der Waals surface area contributed by atoms with E-state index < -0.39 is 0 Å². The molecule has 4 heteroatoms. The third-order valence-electron chi connectivity index (χ3n) is 2.65. The van der Waals surface area contributed by atoms with Crippen molar-refractivity contribution in [2.75, 3.05) is 5.88 Å². The van der Waals surface area contributed by atoms with Gasteiger partial charge in [-0.15, -0.1) is 11.6 Å². The van der Waals surface area contributed by atoms with E-state index in [1.54, 1.807) is 12.1 Å². The molecule has 14 heavy (non-hydrogen) atoms. The number of hydrogen-bond donors (Lipinski definition) is 0. The van der Waals surface area contributed by atoms with Crippen molar-refractivity contribution in [3.05, 3.63) is 39.9 Å². The molecule has 0 radical (unpaired) electrons. The molecule has 1 aliphatic rings. The predicted molar refractivity (Wildman–Crippen MR) is 54.7 cm³/mol.